The minimum atomic E-state index is -0.0262. The lowest BCUT2D eigenvalue weighted by molar-refractivity contribution is 0.406. The predicted molar refractivity (Wildman–Crippen MR) is 79.2 cm³/mol. The number of rotatable bonds is 3. The summed E-state index contributed by atoms with van der Waals surface area (Å²) in [7, 11) is 1.63. The van der Waals surface area contributed by atoms with Crippen molar-refractivity contribution < 1.29 is 4.74 Å². The van der Waals surface area contributed by atoms with Crippen molar-refractivity contribution in [2.45, 2.75) is 32.4 Å². The van der Waals surface area contributed by atoms with E-state index < -0.39 is 0 Å². The number of methoxy groups -OCH3 is 1. The van der Waals surface area contributed by atoms with Crippen LogP contribution in [0.15, 0.2) is 27.5 Å². The number of hydrogen-bond donors (Lipinski definition) is 0. The smallest absolute Gasteiger partial charge is 0.346 e. The van der Waals surface area contributed by atoms with Crippen LogP contribution in [0.3, 0.4) is 0 Å². The molecule has 0 spiro atoms. The van der Waals surface area contributed by atoms with Crippen molar-refractivity contribution in [3.63, 3.8) is 0 Å². The molecule has 0 bridgehead atoms. The van der Waals surface area contributed by atoms with Gasteiger partial charge >= 0.3 is 5.69 Å². The number of aryl methyl sites for hydroxylation is 1. The molecule has 0 unspecified atom stereocenters. The normalized spacial score (nSPS) is 14.1. The molecule has 1 aliphatic rings. The summed E-state index contributed by atoms with van der Waals surface area (Å²) < 4.78 is 9.63. The Morgan fingerprint density at radius 1 is 1.40 bits per heavy atom. The summed E-state index contributed by atoms with van der Waals surface area (Å²) in [6.07, 6.45) is 3.05. The largest absolute Gasteiger partial charge is 0.496 e. The zero-order chi connectivity index (χ0) is 14.1. The van der Waals surface area contributed by atoms with Crippen LogP contribution in [0.1, 0.15) is 24.2 Å². The van der Waals surface area contributed by atoms with E-state index in [1.54, 1.807) is 11.7 Å². The summed E-state index contributed by atoms with van der Waals surface area (Å²) in [5.41, 5.74) is 0.918. The summed E-state index contributed by atoms with van der Waals surface area (Å²) in [5, 5.41) is 4.45. The third-order valence-electron chi connectivity index (χ3n) is 3.59. The number of nitrogens with zero attached hydrogens (tertiary/aromatic N) is 3. The van der Waals surface area contributed by atoms with E-state index in [0.29, 0.717) is 6.54 Å². The first-order chi connectivity index (χ1) is 9.69. The maximum Gasteiger partial charge on any atom is 0.346 e. The molecule has 0 saturated carbocycles. The molecule has 0 atom stereocenters. The average molecular weight is 338 g/mol. The van der Waals surface area contributed by atoms with Crippen molar-refractivity contribution in [1.29, 1.82) is 0 Å². The first-order valence-corrected chi connectivity index (χ1v) is 7.47. The fourth-order valence-electron chi connectivity index (χ4n) is 2.58. The van der Waals surface area contributed by atoms with Crippen molar-refractivity contribution in [3.05, 3.63) is 44.5 Å². The summed E-state index contributed by atoms with van der Waals surface area (Å²) in [4.78, 5) is 12.3. The quantitative estimate of drug-likeness (QED) is 0.862. The van der Waals surface area contributed by atoms with E-state index in [4.69, 9.17) is 4.74 Å². The van der Waals surface area contributed by atoms with Gasteiger partial charge in [0.25, 0.3) is 0 Å². The summed E-state index contributed by atoms with van der Waals surface area (Å²) >= 11 is 3.45. The third-order valence-corrected chi connectivity index (χ3v) is 4.09. The molecule has 1 aromatic heterocycles. The van der Waals surface area contributed by atoms with Gasteiger partial charge in [-0.05, 0) is 31.0 Å². The van der Waals surface area contributed by atoms with E-state index in [2.05, 4.69) is 21.0 Å². The molecule has 3 rings (SSSR count). The van der Waals surface area contributed by atoms with Crippen LogP contribution in [0.5, 0.6) is 5.75 Å². The van der Waals surface area contributed by atoms with Gasteiger partial charge in [0.1, 0.15) is 11.6 Å². The van der Waals surface area contributed by atoms with Gasteiger partial charge in [-0.1, -0.05) is 15.9 Å². The van der Waals surface area contributed by atoms with Crippen LogP contribution >= 0.6 is 15.9 Å². The second-order valence-corrected chi connectivity index (χ2v) is 5.84. The summed E-state index contributed by atoms with van der Waals surface area (Å²) in [6.45, 7) is 1.21. The van der Waals surface area contributed by atoms with Gasteiger partial charge in [0, 0.05) is 23.0 Å². The van der Waals surface area contributed by atoms with E-state index in [0.717, 1.165) is 47.4 Å². The molecular formula is C14H16BrN3O2. The zero-order valence-corrected chi connectivity index (χ0v) is 12.9. The molecule has 0 fully saturated rings. The van der Waals surface area contributed by atoms with E-state index in [9.17, 15) is 4.79 Å². The van der Waals surface area contributed by atoms with Crippen LogP contribution in [-0.2, 0) is 19.5 Å². The van der Waals surface area contributed by atoms with Crippen molar-refractivity contribution in [1.82, 2.24) is 14.3 Å². The van der Waals surface area contributed by atoms with Gasteiger partial charge in [0.05, 0.1) is 13.7 Å². The van der Waals surface area contributed by atoms with Crippen LogP contribution in [0, 0.1) is 0 Å². The summed E-state index contributed by atoms with van der Waals surface area (Å²) in [6, 6.07) is 5.77. The highest BCUT2D eigenvalue weighted by Crippen LogP contribution is 2.23. The minimum absolute atomic E-state index is 0.0262. The van der Waals surface area contributed by atoms with E-state index in [1.807, 2.05) is 18.2 Å². The molecule has 6 heteroatoms. The summed E-state index contributed by atoms with van der Waals surface area (Å²) in [5.74, 6) is 1.67. The number of halogens is 1. The van der Waals surface area contributed by atoms with Crippen LogP contribution < -0.4 is 10.4 Å². The van der Waals surface area contributed by atoms with Gasteiger partial charge in [-0.25, -0.2) is 9.48 Å². The topological polar surface area (TPSA) is 49.0 Å². The van der Waals surface area contributed by atoms with E-state index in [1.165, 1.54) is 4.68 Å². The van der Waals surface area contributed by atoms with Crippen LogP contribution in [0.2, 0.25) is 0 Å². The molecule has 0 N–H and O–H groups in total. The Kier molecular flexibility index (Phi) is 3.65. The SMILES string of the molecule is COc1ccc(Br)cc1Cn1nc2n(c1=O)CCCC2. The van der Waals surface area contributed by atoms with Gasteiger partial charge in [0.2, 0.25) is 0 Å². The van der Waals surface area contributed by atoms with Crippen molar-refractivity contribution in [2.24, 2.45) is 0 Å². The number of hydrogen-bond acceptors (Lipinski definition) is 3. The molecule has 0 amide bonds. The Bertz CT molecular complexity index is 690. The first kappa shape index (κ1) is 13.4. The molecule has 0 radical (unpaired) electrons. The standard InChI is InChI=1S/C14H16BrN3O2/c1-20-12-6-5-11(15)8-10(12)9-18-14(19)17-7-3-2-4-13(17)16-18/h5-6,8H,2-4,7,9H2,1H3. The lowest BCUT2D eigenvalue weighted by Crippen LogP contribution is -2.27. The third kappa shape index (κ3) is 2.40. The highest BCUT2D eigenvalue weighted by atomic mass is 79.9. The van der Waals surface area contributed by atoms with Crippen LogP contribution in [0.25, 0.3) is 0 Å². The fourth-order valence-corrected chi connectivity index (χ4v) is 2.99. The molecule has 2 heterocycles. The number of benzene rings is 1. The maximum atomic E-state index is 12.3. The van der Waals surface area contributed by atoms with E-state index >= 15 is 0 Å². The molecule has 106 valence electrons. The fraction of sp³-hybridized carbons (Fsp3) is 0.429. The Hall–Kier alpha value is -1.56. The molecule has 1 aromatic carbocycles. The van der Waals surface area contributed by atoms with Gasteiger partial charge < -0.3 is 4.74 Å². The average Bonchev–Trinajstić information content (AvgIpc) is 2.76. The number of aromatic nitrogens is 3. The maximum absolute atomic E-state index is 12.3. The Balaban J connectivity index is 1.98. The highest BCUT2D eigenvalue weighted by Gasteiger charge is 2.17. The molecular weight excluding hydrogens is 322 g/mol. The molecule has 1 aliphatic heterocycles. The Morgan fingerprint density at radius 3 is 3.00 bits per heavy atom. The number of fused-ring (bicyclic) bond motifs is 1. The second-order valence-electron chi connectivity index (χ2n) is 4.92. The lowest BCUT2D eigenvalue weighted by atomic mass is 10.2. The second kappa shape index (κ2) is 5.44. The molecule has 0 aliphatic carbocycles. The Morgan fingerprint density at radius 2 is 2.25 bits per heavy atom. The van der Waals surface area contributed by atoms with Crippen molar-refractivity contribution in [3.8, 4) is 5.75 Å². The predicted octanol–water partition coefficient (Wildman–Crippen LogP) is 2.20. The van der Waals surface area contributed by atoms with E-state index in [-0.39, 0.29) is 5.69 Å². The monoisotopic (exact) mass is 337 g/mol. The molecule has 20 heavy (non-hydrogen) atoms. The van der Waals surface area contributed by atoms with Crippen molar-refractivity contribution >= 4 is 15.9 Å². The van der Waals surface area contributed by atoms with Crippen LogP contribution in [-0.4, -0.2) is 21.5 Å². The van der Waals surface area contributed by atoms with Gasteiger partial charge in [-0.2, -0.15) is 5.10 Å². The van der Waals surface area contributed by atoms with Crippen LogP contribution in [0.4, 0.5) is 0 Å². The van der Waals surface area contributed by atoms with Gasteiger partial charge in [0.15, 0.2) is 0 Å². The van der Waals surface area contributed by atoms with Crippen molar-refractivity contribution in [2.75, 3.05) is 7.11 Å². The van der Waals surface area contributed by atoms with Gasteiger partial charge in [-0.3, -0.25) is 4.57 Å². The first-order valence-electron chi connectivity index (χ1n) is 6.68. The number of ether oxygens (including phenoxy) is 1. The molecule has 5 nitrogen and oxygen atoms in total. The van der Waals surface area contributed by atoms with Gasteiger partial charge in [-0.15, -0.1) is 0 Å². The zero-order valence-electron chi connectivity index (χ0n) is 11.3. The highest BCUT2D eigenvalue weighted by molar-refractivity contribution is 9.10. The minimum Gasteiger partial charge on any atom is -0.496 e. The Labute approximate surface area is 125 Å². The lowest BCUT2D eigenvalue weighted by Gasteiger charge is -2.09. The molecule has 2 aromatic rings. The molecule has 0 saturated heterocycles.